The summed E-state index contributed by atoms with van der Waals surface area (Å²) in [5.74, 6) is 0.149. The average Bonchev–Trinajstić information content (AvgIpc) is 3.55. The molecule has 3 heteroatoms. The zero-order chi connectivity index (χ0) is 27.1. The third-order valence-electron chi connectivity index (χ3n) is 8.75. The number of Topliss-reactive ketones (excluding diaryl/α,β-unsaturated/α-hetero) is 1. The molecule has 192 valence electrons. The highest BCUT2D eigenvalue weighted by Gasteiger charge is 2.28. The van der Waals surface area contributed by atoms with Gasteiger partial charge in [0.05, 0.1) is 22.1 Å². The van der Waals surface area contributed by atoms with Crippen molar-refractivity contribution in [2.45, 2.75) is 6.42 Å². The number of benzene rings is 5. The van der Waals surface area contributed by atoms with Crippen molar-refractivity contribution in [2.24, 2.45) is 0 Å². The molecule has 0 aliphatic heterocycles. The molecule has 0 saturated heterocycles. The summed E-state index contributed by atoms with van der Waals surface area (Å²) in [6, 6.07) is 40.6. The van der Waals surface area contributed by atoms with Gasteiger partial charge in [-0.25, -0.2) is 0 Å². The van der Waals surface area contributed by atoms with E-state index in [0.29, 0.717) is 6.42 Å². The maximum atomic E-state index is 13.2. The van der Waals surface area contributed by atoms with Crippen molar-refractivity contribution in [1.82, 2.24) is 9.13 Å². The average molecular weight is 525 g/mol. The first-order valence-electron chi connectivity index (χ1n) is 14.1. The van der Waals surface area contributed by atoms with Crippen molar-refractivity contribution in [3.63, 3.8) is 0 Å². The van der Waals surface area contributed by atoms with Crippen LogP contribution in [-0.2, 0) is 0 Å². The Balaban J connectivity index is 1.25. The van der Waals surface area contributed by atoms with Crippen LogP contribution in [0.3, 0.4) is 0 Å². The van der Waals surface area contributed by atoms with Gasteiger partial charge in [0.1, 0.15) is 0 Å². The molecular formula is C38H24N2O. The number of ketones is 1. The van der Waals surface area contributed by atoms with E-state index in [0.717, 1.165) is 44.7 Å². The summed E-state index contributed by atoms with van der Waals surface area (Å²) < 4.78 is 4.72. The van der Waals surface area contributed by atoms with Crippen molar-refractivity contribution in [1.29, 1.82) is 0 Å². The number of hydrogen-bond donors (Lipinski definition) is 0. The molecule has 0 atom stereocenters. The molecule has 3 nitrogen and oxygen atoms in total. The molecule has 5 aromatic carbocycles. The SMILES string of the molecule is O=C1C2=C(C=CC(n3c4ccccc4c4cc(-n5c6ccccc6c6ccccc65)ccc43)=CC2)c2ccccc21. The molecule has 41 heavy (non-hydrogen) atoms. The Morgan fingerprint density at radius 2 is 1.07 bits per heavy atom. The van der Waals surface area contributed by atoms with E-state index in [4.69, 9.17) is 0 Å². The number of fused-ring (bicyclic) bond motifs is 8. The van der Waals surface area contributed by atoms with Gasteiger partial charge >= 0.3 is 0 Å². The molecule has 0 amide bonds. The molecule has 0 spiro atoms. The number of carbonyl (C=O) groups is 1. The molecule has 7 aromatic rings. The lowest BCUT2D eigenvalue weighted by Crippen LogP contribution is -1.99. The number of rotatable bonds is 2. The Kier molecular flexibility index (Phi) is 4.53. The normalized spacial score (nSPS) is 14.7. The van der Waals surface area contributed by atoms with E-state index in [1.807, 2.05) is 18.2 Å². The monoisotopic (exact) mass is 524 g/mol. The van der Waals surface area contributed by atoms with Gasteiger partial charge in [0.25, 0.3) is 0 Å². The van der Waals surface area contributed by atoms with Crippen molar-refractivity contribution >= 4 is 60.7 Å². The maximum Gasteiger partial charge on any atom is 0.190 e. The summed E-state index contributed by atoms with van der Waals surface area (Å²) in [6.07, 6.45) is 7.11. The Labute approximate surface area is 236 Å². The van der Waals surface area contributed by atoms with Gasteiger partial charge in [-0.3, -0.25) is 4.79 Å². The molecule has 2 aromatic heterocycles. The van der Waals surface area contributed by atoms with E-state index in [9.17, 15) is 4.79 Å². The van der Waals surface area contributed by atoms with Crippen LogP contribution in [0.15, 0.2) is 139 Å². The van der Waals surface area contributed by atoms with Crippen LogP contribution >= 0.6 is 0 Å². The summed E-state index contributed by atoms with van der Waals surface area (Å²) in [5, 5.41) is 4.94. The van der Waals surface area contributed by atoms with E-state index in [-0.39, 0.29) is 5.78 Å². The van der Waals surface area contributed by atoms with E-state index in [2.05, 4.69) is 124 Å². The third-order valence-corrected chi connectivity index (χ3v) is 8.75. The molecule has 0 N–H and O–H groups in total. The minimum Gasteiger partial charge on any atom is -0.310 e. The first-order valence-corrected chi connectivity index (χ1v) is 14.1. The zero-order valence-corrected chi connectivity index (χ0v) is 22.2. The van der Waals surface area contributed by atoms with Gasteiger partial charge in [-0.15, -0.1) is 0 Å². The number of allylic oxidation sites excluding steroid dienone is 6. The number of aromatic nitrogens is 2. The fraction of sp³-hybridized carbons (Fsp3) is 0.0263. The molecule has 0 fully saturated rings. The summed E-state index contributed by atoms with van der Waals surface area (Å²) in [6.45, 7) is 0. The fourth-order valence-corrected chi connectivity index (χ4v) is 6.94. The van der Waals surface area contributed by atoms with Crippen LogP contribution in [0.25, 0.3) is 60.6 Å². The van der Waals surface area contributed by atoms with Gasteiger partial charge < -0.3 is 9.13 Å². The molecule has 0 saturated carbocycles. The van der Waals surface area contributed by atoms with Crippen molar-refractivity contribution < 1.29 is 4.79 Å². The minimum atomic E-state index is 0.149. The van der Waals surface area contributed by atoms with Crippen LogP contribution < -0.4 is 0 Å². The Bertz CT molecular complexity index is 2300. The minimum absolute atomic E-state index is 0.149. The molecule has 2 heterocycles. The van der Waals surface area contributed by atoms with Gasteiger partial charge in [0.15, 0.2) is 5.78 Å². The standard InChI is InChI=1S/C38H24N2O/c41-38-31-13-2-1-9-26(31)27-20-17-24(18-21-32(27)38)39-36-16-8-5-12-30(36)33-23-25(19-22-37(33)39)40-34-14-6-3-10-28(34)29-11-4-7-15-35(29)40/h1-20,22-23H,21H2. The maximum absolute atomic E-state index is 13.2. The molecule has 0 bridgehead atoms. The second-order valence-corrected chi connectivity index (χ2v) is 10.9. The molecule has 0 unspecified atom stereocenters. The molecular weight excluding hydrogens is 500 g/mol. The highest BCUT2D eigenvalue weighted by atomic mass is 16.1. The predicted octanol–water partition coefficient (Wildman–Crippen LogP) is 9.34. The topological polar surface area (TPSA) is 26.9 Å². The van der Waals surface area contributed by atoms with Gasteiger partial charge in [0, 0.05) is 44.1 Å². The van der Waals surface area contributed by atoms with Crippen LogP contribution in [0.5, 0.6) is 0 Å². The lowest BCUT2D eigenvalue weighted by Gasteiger charge is -2.11. The smallest absolute Gasteiger partial charge is 0.190 e. The van der Waals surface area contributed by atoms with Crippen molar-refractivity contribution in [3.05, 3.63) is 150 Å². The molecule has 0 radical (unpaired) electrons. The van der Waals surface area contributed by atoms with Crippen LogP contribution in [-0.4, -0.2) is 14.9 Å². The first-order chi connectivity index (χ1) is 20.3. The molecule has 2 aliphatic rings. The highest BCUT2D eigenvalue weighted by Crippen LogP contribution is 2.40. The second kappa shape index (κ2) is 8.30. The fourth-order valence-electron chi connectivity index (χ4n) is 6.94. The van der Waals surface area contributed by atoms with E-state index < -0.39 is 0 Å². The molecule has 2 aliphatic carbocycles. The number of hydrogen-bond acceptors (Lipinski definition) is 1. The van der Waals surface area contributed by atoms with Crippen LogP contribution in [0.4, 0.5) is 0 Å². The van der Waals surface area contributed by atoms with Crippen LogP contribution in [0.2, 0.25) is 0 Å². The van der Waals surface area contributed by atoms with Gasteiger partial charge in [-0.1, -0.05) is 91.0 Å². The Hall–Kier alpha value is -5.41. The number of nitrogens with zero attached hydrogens (tertiary/aromatic N) is 2. The van der Waals surface area contributed by atoms with E-state index in [1.165, 1.54) is 32.6 Å². The van der Waals surface area contributed by atoms with E-state index in [1.54, 1.807) is 0 Å². The molecule has 9 rings (SSSR count). The van der Waals surface area contributed by atoms with Gasteiger partial charge in [-0.2, -0.15) is 0 Å². The summed E-state index contributed by atoms with van der Waals surface area (Å²) >= 11 is 0. The van der Waals surface area contributed by atoms with Crippen LogP contribution in [0.1, 0.15) is 22.3 Å². The second-order valence-electron chi connectivity index (χ2n) is 10.9. The van der Waals surface area contributed by atoms with Gasteiger partial charge in [-0.05, 0) is 60.0 Å². The third kappa shape index (κ3) is 3.06. The Morgan fingerprint density at radius 3 is 1.78 bits per heavy atom. The highest BCUT2D eigenvalue weighted by molar-refractivity contribution is 6.22. The summed E-state index contributed by atoms with van der Waals surface area (Å²) in [5.41, 5.74) is 10.7. The lowest BCUT2D eigenvalue weighted by molar-refractivity contribution is 0.103. The Morgan fingerprint density at radius 1 is 0.512 bits per heavy atom. The van der Waals surface area contributed by atoms with Crippen molar-refractivity contribution in [3.8, 4) is 5.69 Å². The quantitative estimate of drug-likeness (QED) is 0.221. The first kappa shape index (κ1) is 22.4. The summed E-state index contributed by atoms with van der Waals surface area (Å²) in [7, 11) is 0. The predicted molar refractivity (Wildman–Crippen MR) is 170 cm³/mol. The van der Waals surface area contributed by atoms with Crippen LogP contribution in [0, 0.1) is 0 Å². The van der Waals surface area contributed by atoms with E-state index >= 15 is 0 Å². The number of para-hydroxylation sites is 3. The number of carbonyl (C=O) groups excluding carboxylic acids is 1. The lowest BCUT2D eigenvalue weighted by atomic mass is 10.1. The van der Waals surface area contributed by atoms with Crippen molar-refractivity contribution in [2.75, 3.05) is 0 Å². The summed E-state index contributed by atoms with van der Waals surface area (Å²) in [4.78, 5) is 13.2. The zero-order valence-electron chi connectivity index (χ0n) is 22.2. The largest absolute Gasteiger partial charge is 0.310 e. The van der Waals surface area contributed by atoms with Gasteiger partial charge in [0.2, 0.25) is 0 Å².